The van der Waals surface area contributed by atoms with E-state index in [0.29, 0.717) is 27.8 Å². The van der Waals surface area contributed by atoms with Crippen molar-refractivity contribution in [1.82, 2.24) is 15.3 Å². The Hall–Kier alpha value is -3.00. The van der Waals surface area contributed by atoms with Crippen LogP contribution in [-0.2, 0) is 0 Å². The van der Waals surface area contributed by atoms with Crippen LogP contribution in [-0.4, -0.2) is 27.9 Å². The first-order valence-electron chi connectivity index (χ1n) is 10.7. The van der Waals surface area contributed by atoms with Crippen molar-refractivity contribution in [1.29, 1.82) is 0 Å². The highest BCUT2D eigenvalue weighted by Gasteiger charge is 2.33. The number of hydrogen-bond donors (Lipinski definition) is 2. The molecule has 1 aliphatic heterocycles. The average Bonchev–Trinajstić information content (AvgIpc) is 3.29. The van der Waals surface area contributed by atoms with E-state index in [1.165, 1.54) is 0 Å². The number of H-pyrrole nitrogens is 1. The predicted octanol–water partition coefficient (Wildman–Crippen LogP) is 6.27. The minimum absolute atomic E-state index is 0.138. The van der Waals surface area contributed by atoms with Crippen molar-refractivity contribution in [3.05, 3.63) is 104 Å². The van der Waals surface area contributed by atoms with E-state index in [1.807, 2.05) is 66.7 Å². The average molecular weight is 552 g/mol. The lowest BCUT2D eigenvalue weighted by molar-refractivity contribution is 0.366. The first-order valence-corrected chi connectivity index (χ1v) is 12.3. The van der Waals surface area contributed by atoms with Gasteiger partial charge in [0.2, 0.25) is 0 Å². The molecule has 34 heavy (non-hydrogen) atoms. The van der Waals surface area contributed by atoms with Gasteiger partial charge in [-0.3, -0.25) is 4.79 Å². The number of nitrogens with zero attached hydrogens (tertiary/aromatic N) is 2. The molecule has 3 aromatic carbocycles. The van der Waals surface area contributed by atoms with Gasteiger partial charge in [0, 0.05) is 39.4 Å². The second-order valence-electron chi connectivity index (χ2n) is 7.98. The normalized spacial score (nSPS) is 15.4. The molecule has 2 heterocycles. The van der Waals surface area contributed by atoms with E-state index < -0.39 is 0 Å². The number of halogens is 2. The number of nitrogens with one attached hydrogen (secondary N) is 2. The summed E-state index contributed by atoms with van der Waals surface area (Å²) >= 11 is 15.4. The van der Waals surface area contributed by atoms with E-state index in [9.17, 15) is 4.79 Å². The third-order valence-electron chi connectivity index (χ3n) is 5.91. The topological polar surface area (TPSA) is 60.5 Å². The molecule has 2 N–H and O–H groups in total. The molecule has 1 aromatic heterocycles. The van der Waals surface area contributed by atoms with Gasteiger partial charge in [0.15, 0.2) is 5.11 Å². The van der Waals surface area contributed by atoms with Crippen molar-refractivity contribution >= 4 is 61.5 Å². The molecule has 0 spiro atoms. The number of hydrogen-bond acceptors (Lipinski definition) is 3. The lowest BCUT2D eigenvalue weighted by Gasteiger charge is -2.23. The lowest BCUT2D eigenvalue weighted by atomic mass is 9.91. The van der Waals surface area contributed by atoms with Gasteiger partial charge in [0.1, 0.15) is 0 Å². The third kappa shape index (κ3) is 4.15. The monoisotopic (exact) mass is 550 g/mol. The number of hydrazone groups is 1. The van der Waals surface area contributed by atoms with Crippen molar-refractivity contribution in [2.45, 2.75) is 12.5 Å². The van der Waals surface area contributed by atoms with Crippen molar-refractivity contribution in [3.8, 4) is 11.1 Å². The molecule has 0 radical (unpaired) electrons. The van der Waals surface area contributed by atoms with Crippen molar-refractivity contribution < 1.29 is 0 Å². The minimum Gasteiger partial charge on any atom is -0.364 e. The molecule has 1 atom stereocenters. The fraction of sp³-hybridized carbons (Fsp3) is 0.115. The minimum atomic E-state index is -0.195. The summed E-state index contributed by atoms with van der Waals surface area (Å²) in [5.74, 6) is 0. The van der Waals surface area contributed by atoms with Crippen LogP contribution in [0.5, 0.6) is 0 Å². The van der Waals surface area contributed by atoms with Crippen LogP contribution in [0.15, 0.2) is 87.2 Å². The Bertz CT molecular complexity index is 1480. The molecule has 0 amide bonds. The van der Waals surface area contributed by atoms with Gasteiger partial charge in [-0.1, -0.05) is 70.0 Å². The van der Waals surface area contributed by atoms with Crippen molar-refractivity contribution in [3.63, 3.8) is 0 Å². The molecule has 0 bridgehead atoms. The number of aromatic amines is 1. The van der Waals surface area contributed by atoms with E-state index in [2.05, 4.69) is 26.2 Å². The molecule has 8 heteroatoms. The van der Waals surface area contributed by atoms with E-state index in [4.69, 9.17) is 28.9 Å². The summed E-state index contributed by atoms with van der Waals surface area (Å²) in [5.41, 5.74) is 4.53. The van der Waals surface area contributed by atoms with E-state index in [1.54, 1.807) is 18.1 Å². The Kier molecular flexibility index (Phi) is 6.25. The largest absolute Gasteiger partial charge is 0.364 e. The lowest BCUT2D eigenvalue weighted by Crippen LogP contribution is -2.34. The Balaban J connectivity index is 1.74. The number of pyridine rings is 1. The second-order valence-corrected chi connectivity index (χ2v) is 9.72. The summed E-state index contributed by atoms with van der Waals surface area (Å²) in [6.07, 6.45) is 0.526. The highest BCUT2D eigenvalue weighted by Crippen LogP contribution is 2.37. The number of fused-ring (bicyclic) bond motifs is 1. The molecule has 5 rings (SSSR count). The van der Waals surface area contributed by atoms with Gasteiger partial charge in [-0.05, 0) is 53.7 Å². The van der Waals surface area contributed by atoms with Crippen LogP contribution >= 0.6 is 39.7 Å². The maximum atomic E-state index is 13.5. The highest BCUT2D eigenvalue weighted by atomic mass is 79.9. The van der Waals surface area contributed by atoms with Crippen LogP contribution in [0.4, 0.5) is 0 Å². The van der Waals surface area contributed by atoms with Gasteiger partial charge in [-0.2, -0.15) is 5.10 Å². The summed E-state index contributed by atoms with van der Waals surface area (Å²) in [4.78, 5) is 16.5. The molecule has 0 saturated heterocycles. The maximum absolute atomic E-state index is 13.5. The molecule has 0 fully saturated rings. The van der Waals surface area contributed by atoms with E-state index in [0.717, 1.165) is 32.1 Å². The number of benzene rings is 3. The number of rotatable bonds is 3. The zero-order chi connectivity index (χ0) is 23.8. The molecular weight excluding hydrogens is 532 g/mol. The smallest absolute Gasteiger partial charge is 0.258 e. The fourth-order valence-corrected chi connectivity index (χ4v) is 4.96. The maximum Gasteiger partial charge on any atom is 0.258 e. The highest BCUT2D eigenvalue weighted by molar-refractivity contribution is 9.10. The SMILES string of the molecule is CNC(=S)N1N=C(c2c(-c3ccccc3)c3cc(Cl)ccc3[nH]c2=O)CC1c1ccc(Br)cc1. The molecule has 5 nitrogen and oxygen atoms in total. The first-order chi connectivity index (χ1) is 16.5. The van der Waals surface area contributed by atoms with Gasteiger partial charge >= 0.3 is 0 Å². The Morgan fingerprint density at radius 1 is 1.12 bits per heavy atom. The predicted molar refractivity (Wildman–Crippen MR) is 147 cm³/mol. The zero-order valence-corrected chi connectivity index (χ0v) is 21.3. The summed E-state index contributed by atoms with van der Waals surface area (Å²) < 4.78 is 0.993. The molecular formula is C26H20BrClN4OS. The summed E-state index contributed by atoms with van der Waals surface area (Å²) in [7, 11) is 1.77. The Morgan fingerprint density at radius 2 is 1.85 bits per heavy atom. The van der Waals surface area contributed by atoms with Crippen LogP contribution in [0.3, 0.4) is 0 Å². The zero-order valence-electron chi connectivity index (χ0n) is 18.2. The van der Waals surface area contributed by atoms with E-state index in [-0.39, 0.29) is 11.6 Å². The van der Waals surface area contributed by atoms with Crippen LogP contribution in [0, 0.1) is 0 Å². The van der Waals surface area contributed by atoms with Gasteiger partial charge < -0.3 is 10.3 Å². The number of aromatic nitrogens is 1. The van der Waals surface area contributed by atoms with Crippen LogP contribution in [0.1, 0.15) is 23.6 Å². The first kappa shape index (κ1) is 22.8. The molecule has 0 saturated carbocycles. The standard InChI is InChI=1S/C26H20BrClN4OS/c1-29-26(34)32-22(15-7-9-17(27)10-8-15)14-21(31-32)24-23(16-5-3-2-4-6-16)19-13-18(28)11-12-20(19)30-25(24)33/h2-13,22H,14H2,1H3,(H,29,34)(H,30,33). The summed E-state index contributed by atoms with van der Waals surface area (Å²) in [5, 5.41) is 11.6. The van der Waals surface area contributed by atoms with Crippen LogP contribution < -0.4 is 10.9 Å². The van der Waals surface area contributed by atoms with Gasteiger partial charge in [-0.25, -0.2) is 5.01 Å². The van der Waals surface area contributed by atoms with Crippen molar-refractivity contribution in [2.75, 3.05) is 7.05 Å². The summed E-state index contributed by atoms with van der Waals surface area (Å²) in [6.45, 7) is 0. The Morgan fingerprint density at radius 3 is 2.56 bits per heavy atom. The van der Waals surface area contributed by atoms with Gasteiger partial charge in [0.25, 0.3) is 5.56 Å². The van der Waals surface area contributed by atoms with Crippen LogP contribution in [0.25, 0.3) is 22.0 Å². The van der Waals surface area contributed by atoms with E-state index >= 15 is 0 Å². The Labute approximate surface area is 215 Å². The molecule has 1 aliphatic rings. The third-order valence-corrected chi connectivity index (χ3v) is 7.07. The van der Waals surface area contributed by atoms with Crippen molar-refractivity contribution in [2.24, 2.45) is 5.10 Å². The molecule has 0 aliphatic carbocycles. The summed E-state index contributed by atoms with van der Waals surface area (Å²) in [6, 6.07) is 23.3. The number of thiocarbonyl (C=S) groups is 1. The van der Waals surface area contributed by atoms with Gasteiger partial charge in [0.05, 0.1) is 17.3 Å². The van der Waals surface area contributed by atoms with Gasteiger partial charge in [-0.15, -0.1) is 0 Å². The molecule has 1 unspecified atom stereocenters. The fourth-order valence-electron chi connectivity index (χ4n) is 4.35. The quantitative estimate of drug-likeness (QED) is 0.295. The van der Waals surface area contributed by atoms with Crippen LogP contribution in [0.2, 0.25) is 5.02 Å². The molecule has 4 aromatic rings. The second kappa shape index (κ2) is 9.33. The molecule has 170 valence electrons.